The van der Waals surface area contributed by atoms with Crippen LogP contribution in [0.15, 0.2) is 36.5 Å². The number of methoxy groups -OCH3 is 1. The number of benzene rings is 1. The molecule has 0 radical (unpaired) electrons. The molecule has 25 heavy (non-hydrogen) atoms. The topological polar surface area (TPSA) is 68.2 Å². The molecular weight excluding hydrogens is 316 g/mol. The number of nitrogens with zero attached hydrogens (tertiary/aromatic N) is 2. The minimum atomic E-state index is -0.219. The molecule has 1 aromatic carbocycles. The van der Waals surface area contributed by atoms with E-state index >= 15 is 0 Å². The lowest BCUT2D eigenvalue weighted by atomic mass is 9.89. The first-order chi connectivity index (χ1) is 11.9. The number of hydrogen-bond acceptors (Lipinski definition) is 4. The molecule has 0 aliphatic rings. The Bertz CT molecular complexity index is 674. The summed E-state index contributed by atoms with van der Waals surface area (Å²) in [6.45, 7) is 8.88. The summed E-state index contributed by atoms with van der Waals surface area (Å²) < 4.78 is 6.75. The zero-order valence-electron chi connectivity index (χ0n) is 15.5. The summed E-state index contributed by atoms with van der Waals surface area (Å²) in [6, 6.07) is 9.82. The minimum Gasteiger partial charge on any atom is -0.383 e. The monoisotopic (exact) mass is 344 g/mol. The van der Waals surface area contributed by atoms with Crippen LogP contribution in [0.4, 0.5) is 0 Å². The van der Waals surface area contributed by atoms with Gasteiger partial charge in [0.15, 0.2) is 0 Å². The van der Waals surface area contributed by atoms with Crippen LogP contribution in [0.3, 0.4) is 0 Å². The van der Waals surface area contributed by atoms with Crippen LogP contribution < -0.4 is 10.6 Å². The van der Waals surface area contributed by atoms with E-state index in [1.807, 2.05) is 36.5 Å². The van der Waals surface area contributed by atoms with Gasteiger partial charge >= 0.3 is 0 Å². The van der Waals surface area contributed by atoms with Crippen LogP contribution in [-0.2, 0) is 10.2 Å². The highest BCUT2D eigenvalue weighted by Crippen LogP contribution is 2.25. The summed E-state index contributed by atoms with van der Waals surface area (Å²) in [4.78, 5) is 12.6. The standard InChI is InChI=1S/C19H28N4O2/c1-19(2,3)17-16(18(24)21-11-10-20-12-13-25-4)14-23(22-17)15-8-6-5-7-9-15/h5-9,14,20H,10-13H2,1-4H3,(H,21,24). The molecule has 0 bridgehead atoms. The molecule has 0 saturated heterocycles. The first-order valence-corrected chi connectivity index (χ1v) is 8.57. The maximum Gasteiger partial charge on any atom is 0.254 e. The van der Waals surface area contributed by atoms with Crippen molar-refractivity contribution in [3.8, 4) is 5.69 Å². The number of hydrogen-bond donors (Lipinski definition) is 2. The van der Waals surface area contributed by atoms with E-state index in [2.05, 4.69) is 36.5 Å². The van der Waals surface area contributed by atoms with Crippen molar-refractivity contribution in [2.45, 2.75) is 26.2 Å². The molecular formula is C19H28N4O2. The first-order valence-electron chi connectivity index (χ1n) is 8.57. The fourth-order valence-corrected chi connectivity index (χ4v) is 2.47. The van der Waals surface area contributed by atoms with Gasteiger partial charge in [-0.15, -0.1) is 0 Å². The van der Waals surface area contributed by atoms with Crippen LogP contribution in [0, 0.1) is 0 Å². The van der Waals surface area contributed by atoms with Gasteiger partial charge in [-0.05, 0) is 12.1 Å². The number of ether oxygens (including phenoxy) is 1. The molecule has 0 spiro atoms. The van der Waals surface area contributed by atoms with Crippen molar-refractivity contribution in [3.05, 3.63) is 47.8 Å². The zero-order valence-corrected chi connectivity index (χ0v) is 15.5. The highest BCUT2D eigenvalue weighted by atomic mass is 16.5. The lowest BCUT2D eigenvalue weighted by Crippen LogP contribution is -2.34. The van der Waals surface area contributed by atoms with Gasteiger partial charge in [0.25, 0.3) is 5.91 Å². The normalized spacial score (nSPS) is 11.5. The highest BCUT2D eigenvalue weighted by molar-refractivity contribution is 5.95. The predicted octanol–water partition coefficient (Wildman–Crippen LogP) is 2.14. The number of rotatable bonds is 8. The van der Waals surface area contributed by atoms with Crippen LogP contribution in [0.2, 0.25) is 0 Å². The predicted molar refractivity (Wildman–Crippen MR) is 99.3 cm³/mol. The van der Waals surface area contributed by atoms with Crippen molar-refractivity contribution in [1.82, 2.24) is 20.4 Å². The molecule has 1 heterocycles. The molecule has 0 unspecified atom stereocenters. The van der Waals surface area contributed by atoms with E-state index in [1.54, 1.807) is 11.8 Å². The summed E-state index contributed by atoms with van der Waals surface area (Å²) in [5.41, 5.74) is 2.13. The maximum atomic E-state index is 12.6. The Morgan fingerprint density at radius 1 is 1.16 bits per heavy atom. The van der Waals surface area contributed by atoms with Crippen molar-refractivity contribution in [1.29, 1.82) is 0 Å². The Morgan fingerprint density at radius 2 is 1.88 bits per heavy atom. The SMILES string of the molecule is COCCNCCNC(=O)c1cn(-c2ccccc2)nc1C(C)(C)C. The van der Waals surface area contributed by atoms with E-state index in [1.165, 1.54) is 0 Å². The smallest absolute Gasteiger partial charge is 0.254 e. The Morgan fingerprint density at radius 3 is 2.52 bits per heavy atom. The third-order valence-electron chi connectivity index (χ3n) is 3.76. The van der Waals surface area contributed by atoms with Gasteiger partial charge in [0.05, 0.1) is 23.6 Å². The molecule has 6 heteroatoms. The number of amides is 1. The number of aromatic nitrogens is 2. The second-order valence-corrected chi connectivity index (χ2v) is 6.92. The molecule has 2 aromatic rings. The van der Waals surface area contributed by atoms with Gasteiger partial charge in [0, 0.05) is 38.4 Å². The zero-order chi connectivity index (χ0) is 18.3. The molecule has 0 aliphatic carbocycles. The van der Waals surface area contributed by atoms with E-state index < -0.39 is 0 Å². The van der Waals surface area contributed by atoms with Crippen molar-refractivity contribution in [2.75, 3.05) is 33.4 Å². The maximum absolute atomic E-state index is 12.6. The third-order valence-corrected chi connectivity index (χ3v) is 3.76. The summed E-state index contributed by atoms with van der Waals surface area (Å²) in [6.07, 6.45) is 1.81. The molecule has 1 aromatic heterocycles. The van der Waals surface area contributed by atoms with Crippen LogP contribution >= 0.6 is 0 Å². The molecule has 2 rings (SSSR count). The van der Waals surface area contributed by atoms with Crippen molar-refractivity contribution < 1.29 is 9.53 Å². The van der Waals surface area contributed by atoms with Crippen molar-refractivity contribution in [2.24, 2.45) is 0 Å². The Hall–Kier alpha value is -2.18. The Kier molecular flexibility index (Phi) is 6.73. The van der Waals surface area contributed by atoms with Gasteiger partial charge in [-0.25, -0.2) is 4.68 Å². The molecule has 1 amide bonds. The fourth-order valence-electron chi connectivity index (χ4n) is 2.47. The number of para-hydroxylation sites is 1. The van der Waals surface area contributed by atoms with Gasteiger partial charge in [-0.2, -0.15) is 5.10 Å². The van der Waals surface area contributed by atoms with Gasteiger partial charge in [-0.1, -0.05) is 39.0 Å². The average molecular weight is 344 g/mol. The quantitative estimate of drug-likeness (QED) is 0.720. The molecule has 0 aliphatic heterocycles. The second-order valence-electron chi connectivity index (χ2n) is 6.92. The minimum absolute atomic E-state index is 0.0966. The fraction of sp³-hybridized carbons (Fsp3) is 0.474. The van der Waals surface area contributed by atoms with Crippen LogP contribution in [0.25, 0.3) is 5.69 Å². The van der Waals surface area contributed by atoms with Gasteiger partial charge < -0.3 is 15.4 Å². The summed E-state index contributed by atoms with van der Waals surface area (Å²) in [5, 5.41) is 10.8. The van der Waals surface area contributed by atoms with Crippen LogP contribution in [-0.4, -0.2) is 49.0 Å². The second kappa shape index (κ2) is 8.78. The number of nitrogens with one attached hydrogen (secondary N) is 2. The molecule has 0 atom stereocenters. The molecule has 6 nitrogen and oxygen atoms in total. The van der Waals surface area contributed by atoms with E-state index in [-0.39, 0.29) is 11.3 Å². The van der Waals surface area contributed by atoms with Crippen LogP contribution in [0.1, 0.15) is 36.8 Å². The lowest BCUT2D eigenvalue weighted by molar-refractivity contribution is 0.0951. The van der Waals surface area contributed by atoms with E-state index in [4.69, 9.17) is 4.74 Å². The molecule has 136 valence electrons. The Labute approximate surface area is 149 Å². The summed E-state index contributed by atoms with van der Waals surface area (Å²) >= 11 is 0. The summed E-state index contributed by atoms with van der Waals surface area (Å²) in [5.74, 6) is -0.0966. The lowest BCUT2D eigenvalue weighted by Gasteiger charge is -2.17. The number of carbonyl (C=O) groups is 1. The average Bonchev–Trinajstić information content (AvgIpc) is 3.04. The highest BCUT2D eigenvalue weighted by Gasteiger charge is 2.26. The van der Waals surface area contributed by atoms with E-state index in [0.717, 1.165) is 17.9 Å². The Balaban J connectivity index is 2.10. The third kappa shape index (κ3) is 5.41. The largest absolute Gasteiger partial charge is 0.383 e. The van der Waals surface area contributed by atoms with E-state index in [0.29, 0.717) is 25.3 Å². The molecule has 0 fully saturated rings. The van der Waals surface area contributed by atoms with Gasteiger partial charge in [-0.3, -0.25) is 4.79 Å². The molecule has 0 saturated carbocycles. The van der Waals surface area contributed by atoms with Crippen molar-refractivity contribution >= 4 is 5.91 Å². The van der Waals surface area contributed by atoms with Gasteiger partial charge in [0.2, 0.25) is 0 Å². The van der Waals surface area contributed by atoms with Crippen LogP contribution in [0.5, 0.6) is 0 Å². The number of carbonyl (C=O) groups excluding carboxylic acids is 1. The summed E-state index contributed by atoms with van der Waals surface area (Å²) in [7, 11) is 1.67. The first kappa shape index (κ1) is 19.1. The van der Waals surface area contributed by atoms with Crippen molar-refractivity contribution in [3.63, 3.8) is 0 Å². The van der Waals surface area contributed by atoms with E-state index in [9.17, 15) is 4.79 Å². The molecule has 2 N–H and O–H groups in total. The van der Waals surface area contributed by atoms with Gasteiger partial charge in [0.1, 0.15) is 0 Å².